The van der Waals surface area contributed by atoms with Gasteiger partial charge in [0, 0.05) is 25.7 Å². The summed E-state index contributed by atoms with van der Waals surface area (Å²) in [6.07, 6.45) is 2.74. The van der Waals surface area contributed by atoms with Crippen LogP contribution in [0, 0.1) is 5.92 Å². The van der Waals surface area contributed by atoms with Crippen LogP contribution in [0.3, 0.4) is 0 Å². The molecule has 0 saturated carbocycles. The van der Waals surface area contributed by atoms with E-state index < -0.39 is 0 Å². The molecular formula is C14H31IN4. The molecule has 0 aromatic carbocycles. The van der Waals surface area contributed by atoms with Gasteiger partial charge in [-0.3, -0.25) is 4.99 Å². The summed E-state index contributed by atoms with van der Waals surface area (Å²) in [6, 6.07) is 0. The van der Waals surface area contributed by atoms with Crippen molar-refractivity contribution in [2.24, 2.45) is 10.9 Å². The van der Waals surface area contributed by atoms with Crippen LogP contribution in [0.4, 0.5) is 0 Å². The molecule has 0 aliphatic carbocycles. The number of rotatable bonds is 4. The molecule has 4 nitrogen and oxygen atoms in total. The summed E-state index contributed by atoms with van der Waals surface area (Å²) in [4.78, 5) is 6.82. The quantitative estimate of drug-likeness (QED) is 0.445. The van der Waals surface area contributed by atoms with Crippen molar-refractivity contribution in [3.05, 3.63) is 0 Å². The first-order valence-corrected chi connectivity index (χ1v) is 7.12. The van der Waals surface area contributed by atoms with Gasteiger partial charge in [0.05, 0.1) is 0 Å². The van der Waals surface area contributed by atoms with Gasteiger partial charge in [-0.25, -0.2) is 0 Å². The van der Waals surface area contributed by atoms with E-state index in [1.54, 1.807) is 0 Å². The van der Waals surface area contributed by atoms with Gasteiger partial charge in [-0.15, -0.1) is 24.0 Å². The van der Waals surface area contributed by atoms with Crippen LogP contribution in [0.25, 0.3) is 0 Å². The van der Waals surface area contributed by atoms with E-state index in [2.05, 4.69) is 48.2 Å². The third-order valence-corrected chi connectivity index (χ3v) is 3.10. The predicted molar refractivity (Wildman–Crippen MR) is 94.5 cm³/mol. The van der Waals surface area contributed by atoms with Gasteiger partial charge < -0.3 is 15.5 Å². The molecule has 1 rings (SSSR count). The smallest absolute Gasteiger partial charge is 0.191 e. The highest BCUT2D eigenvalue weighted by Gasteiger charge is 2.16. The van der Waals surface area contributed by atoms with E-state index in [1.165, 1.54) is 32.5 Å². The Morgan fingerprint density at radius 2 is 1.84 bits per heavy atom. The first-order chi connectivity index (χ1) is 8.40. The van der Waals surface area contributed by atoms with Gasteiger partial charge in [0.1, 0.15) is 0 Å². The van der Waals surface area contributed by atoms with Crippen LogP contribution in [0.1, 0.15) is 40.5 Å². The van der Waals surface area contributed by atoms with Crippen LogP contribution in [-0.4, -0.2) is 49.6 Å². The fourth-order valence-electron chi connectivity index (χ4n) is 2.28. The van der Waals surface area contributed by atoms with Crippen molar-refractivity contribution in [1.82, 2.24) is 15.5 Å². The lowest BCUT2D eigenvalue weighted by Gasteiger charge is -2.26. The van der Waals surface area contributed by atoms with Crippen molar-refractivity contribution in [1.29, 1.82) is 0 Å². The third kappa shape index (κ3) is 8.68. The van der Waals surface area contributed by atoms with Crippen LogP contribution in [0.2, 0.25) is 0 Å². The molecule has 1 aliphatic heterocycles. The van der Waals surface area contributed by atoms with E-state index in [9.17, 15) is 0 Å². The zero-order chi connectivity index (χ0) is 13.6. The van der Waals surface area contributed by atoms with Gasteiger partial charge >= 0.3 is 0 Å². The summed E-state index contributed by atoms with van der Waals surface area (Å²) in [7, 11) is 1.83. The lowest BCUT2D eigenvalue weighted by Crippen LogP contribution is -2.49. The Balaban J connectivity index is 0.00000324. The molecule has 0 spiro atoms. The molecule has 2 N–H and O–H groups in total. The minimum absolute atomic E-state index is 0. The number of likely N-dealkylation sites (tertiary alicyclic amines) is 1. The van der Waals surface area contributed by atoms with Crippen molar-refractivity contribution in [3.8, 4) is 0 Å². The van der Waals surface area contributed by atoms with Crippen molar-refractivity contribution in [3.63, 3.8) is 0 Å². The molecule has 1 saturated heterocycles. The summed E-state index contributed by atoms with van der Waals surface area (Å²) in [6.45, 7) is 13.5. The lowest BCUT2D eigenvalue weighted by molar-refractivity contribution is 0.287. The summed E-state index contributed by atoms with van der Waals surface area (Å²) in [5, 5.41) is 6.79. The molecule has 1 aliphatic rings. The number of halogens is 1. The lowest BCUT2D eigenvalue weighted by atomic mass is 10.1. The second kappa shape index (κ2) is 9.00. The van der Waals surface area contributed by atoms with Gasteiger partial charge in [0.25, 0.3) is 0 Å². The summed E-state index contributed by atoms with van der Waals surface area (Å²) < 4.78 is 0. The Labute approximate surface area is 135 Å². The normalized spacial score (nSPS) is 18.9. The van der Waals surface area contributed by atoms with Crippen molar-refractivity contribution in [2.75, 3.05) is 33.2 Å². The third-order valence-electron chi connectivity index (χ3n) is 3.10. The molecule has 114 valence electrons. The van der Waals surface area contributed by atoms with Gasteiger partial charge in [0.2, 0.25) is 0 Å². The Morgan fingerprint density at radius 3 is 2.32 bits per heavy atom. The molecular weight excluding hydrogens is 351 g/mol. The second-order valence-corrected chi connectivity index (χ2v) is 6.44. The SMILES string of the molecule is CN=C(NCC(C)CN1CCCC1)NC(C)(C)C.I. The van der Waals surface area contributed by atoms with E-state index in [0.29, 0.717) is 5.92 Å². The van der Waals surface area contributed by atoms with Crippen LogP contribution in [0.5, 0.6) is 0 Å². The minimum atomic E-state index is 0. The molecule has 1 heterocycles. The molecule has 0 radical (unpaired) electrons. The van der Waals surface area contributed by atoms with E-state index in [0.717, 1.165) is 12.5 Å². The molecule has 0 bridgehead atoms. The van der Waals surface area contributed by atoms with Crippen molar-refractivity contribution in [2.45, 2.75) is 46.1 Å². The molecule has 19 heavy (non-hydrogen) atoms. The number of hydrogen-bond acceptors (Lipinski definition) is 2. The van der Waals surface area contributed by atoms with E-state index in [1.807, 2.05) is 7.05 Å². The highest BCUT2D eigenvalue weighted by molar-refractivity contribution is 14.0. The fraction of sp³-hybridized carbons (Fsp3) is 0.929. The average Bonchev–Trinajstić information content (AvgIpc) is 2.75. The second-order valence-electron chi connectivity index (χ2n) is 6.44. The number of hydrogen-bond donors (Lipinski definition) is 2. The zero-order valence-electron chi connectivity index (χ0n) is 13.1. The van der Waals surface area contributed by atoms with Crippen LogP contribution in [0.15, 0.2) is 4.99 Å². The molecule has 1 fully saturated rings. The largest absolute Gasteiger partial charge is 0.356 e. The molecule has 0 aromatic heterocycles. The maximum absolute atomic E-state index is 4.26. The average molecular weight is 382 g/mol. The van der Waals surface area contributed by atoms with Crippen LogP contribution >= 0.6 is 24.0 Å². The number of aliphatic imine (C=N–C) groups is 1. The molecule has 1 atom stereocenters. The van der Waals surface area contributed by atoms with Gasteiger partial charge in [-0.2, -0.15) is 0 Å². The van der Waals surface area contributed by atoms with Crippen molar-refractivity contribution >= 4 is 29.9 Å². The summed E-state index contributed by atoms with van der Waals surface area (Å²) >= 11 is 0. The van der Waals surface area contributed by atoms with Gasteiger partial charge in [-0.1, -0.05) is 6.92 Å². The molecule has 0 amide bonds. The van der Waals surface area contributed by atoms with Gasteiger partial charge in [-0.05, 0) is 52.6 Å². The standard InChI is InChI=1S/C14H30N4.HI/c1-12(11-18-8-6-7-9-18)10-16-13(15-5)17-14(2,3)4;/h12H,6-11H2,1-5H3,(H2,15,16,17);1H. The predicted octanol–water partition coefficient (Wildman–Crippen LogP) is 2.30. The van der Waals surface area contributed by atoms with E-state index in [4.69, 9.17) is 0 Å². The van der Waals surface area contributed by atoms with E-state index >= 15 is 0 Å². The zero-order valence-corrected chi connectivity index (χ0v) is 15.5. The summed E-state index contributed by atoms with van der Waals surface area (Å²) in [5.41, 5.74) is 0.0556. The molecule has 0 aromatic rings. The Morgan fingerprint density at radius 1 is 1.26 bits per heavy atom. The molecule has 1 unspecified atom stereocenters. The molecule has 5 heteroatoms. The van der Waals surface area contributed by atoms with E-state index in [-0.39, 0.29) is 29.5 Å². The topological polar surface area (TPSA) is 39.7 Å². The highest BCUT2D eigenvalue weighted by Crippen LogP contribution is 2.09. The maximum atomic E-state index is 4.26. The first kappa shape index (κ1) is 19.0. The Bertz CT molecular complexity index is 267. The monoisotopic (exact) mass is 382 g/mol. The Hall–Kier alpha value is -0.0400. The van der Waals surface area contributed by atoms with Crippen molar-refractivity contribution < 1.29 is 0 Å². The Kier molecular flexibility index (Phi) is 8.98. The van der Waals surface area contributed by atoms with Crippen LogP contribution in [-0.2, 0) is 0 Å². The number of nitrogens with one attached hydrogen (secondary N) is 2. The maximum Gasteiger partial charge on any atom is 0.191 e. The fourth-order valence-corrected chi connectivity index (χ4v) is 2.28. The van der Waals surface area contributed by atoms with Crippen LogP contribution < -0.4 is 10.6 Å². The highest BCUT2D eigenvalue weighted by atomic mass is 127. The number of guanidine groups is 1. The summed E-state index contributed by atoms with van der Waals surface area (Å²) in [5.74, 6) is 1.55. The first-order valence-electron chi connectivity index (χ1n) is 7.12. The number of nitrogens with zero attached hydrogens (tertiary/aromatic N) is 2. The minimum Gasteiger partial charge on any atom is -0.356 e. The van der Waals surface area contributed by atoms with Gasteiger partial charge in [0.15, 0.2) is 5.96 Å².